The number of amides is 1. The van der Waals surface area contributed by atoms with Crippen LogP contribution in [0.5, 0.6) is 0 Å². The predicted octanol–water partition coefficient (Wildman–Crippen LogP) is 3.09. The predicted molar refractivity (Wildman–Crippen MR) is 97.5 cm³/mol. The van der Waals surface area contributed by atoms with Crippen molar-refractivity contribution in [3.63, 3.8) is 0 Å². The SMILES string of the molecule is CC(=O)NS(=O)(=O)c1ccc(-n2cc(C(F)(F)F)nc2-c2cc(C)ccn2)cc1. The number of rotatable bonds is 4. The number of aryl methyl sites for hydroxylation is 1. The van der Waals surface area contributed by atoms with E-state index in [4.69, 9.17) is 0 Å². The maximum atomic E-state index is 13.2. The van der Waals surface area contributed by atoms with Crippen molar-refractivity contribution < 1.29 is 26.4 Å². The molecule has 0 atom stereocenters. The molecule has 29 heavy (non-hydrogen) atoms. The lowest BCUT2D eigenvalue weighted by Crippen LogP contribution is -2.28. The molecular weight excluding hydrogens is 409 g/mol. The zero-order chi connectivity index (χ0) is 21.4. The number of pyridine rings is 1. The van der Waals surface area contributed by atoms with Crippen LogP contribution in [0.15, 0.2) is 53.7 Å². The molecule has 0 bridgehead atoms. The van der Waals surface area contributed by atoms with Crippen LogP contribution >= 0.6 is 0 Å². The van der Waals surface area contributed by atoms with E-state index in [0.29, 0.717) is 0 Å². The Morgan fingerprint density at radius 1 is 1.14 bits per heavy atom. The minimum atomic E-state index is -4.67. The monoisotopic (exact) mass is 424 g/mol. The third kappa shape index (κ3) is 4.45. The molecule has 1 amide bonds. The van der Waals surface area contributed by atoms with Crippen LogP contribution in [-0.4, -0.2) is 28.9 Å². The summed E-state index contributed by atoms with van der Waals surface area (Å²) >= 11 is 0. The lowest BCUT2D eigenvalue weighted by Gasteiger charge is -2.09. The second-order valence-corrected chi connectivity index (χ2v) is 7.87. The van der Waals surface area contributed by atoms with E-state index in [9.17, 15) is 26.4 Å². The van der Waals surface area contributed by atoms with Crippen LogP contribution < -0.4 is 4.72 Å². The number of aromatic nitrogens is 3. The molecule has 0 spiro atoms. The Labute approximate surface area is 164 Å². The first-order valence-electron chi connectivity index (χ1n) is 8.21. The van der Waals surface area contributed by atoms with Gasteiger partial charge in [0.2, 0.25) is 5.91 Å². The van der Waals surface area contributed by atoms with Crippen molar-refractivity contribution in [3.8, 4) is 17.2 Å². The first kappa shape index (κ1) is 20.5. The molecule has 0 radical (unpaired) electrons. The van der Waals surface area contributed by atoms with Gasteiger partial charge in [-0.05, 0) is 48.9 Å². The molecule has 2 aromatic heterocycles. The summed E-state index contributed by atoms with van der Waals surface area (Å²) in [4.78, 5) is 18.6. The van der Waals surface area contributed by atoms with Crippen LogP contribution in [0.1, 0.15) is 18.2 Å². The number of hydrogen-bond donors (Lipinski definition) is 1. The zero-order valence-corrected chi connectivity index (χ0v) is 16.0. The summed E-state index contributed by atoms with van der Waals surface area (Å²) in [5.41, 5.74) is 0.157. The van der Waals surface area contributed by atoms with Crippen molar-refractivity contribution >= 4 is 15.9 Å². The van der Waals surface area contributed by atoms with E-state index in [1.165, 1.54) is 35.0 Å². The highest BCUT2D eigenvalue weighted by Crippen LogP contribution is 2.32. The summed E-state index contributed by atoms with van der Waals surface area (Å²) in [6.45, 7) is 2.82. The summed E-state index contributed by atoms with van der Waals surface area (Å²) in [6.07, 6.45) is -2.39. The number of sulfonamides is 1. The minimum Gasteiger partial charge on any atom is -0.298 e. The standard InChI is InChI=1S/C18H15F3N4O3S/c1-11-7-8-22-15(9-11)17-23-16(18(19,20)21)10-25(17)13-3-5-14(6-4-13)29(27,28)24-12(2)26/h3-10H,1-2H3,(H,24,26). The zero-order valence-electron chi connectivity index (χ0n) is 15.2. The van der Waals surface area contributed by atoms with Gasteiger partial charge in [0.15, 0.2) is 11.5 Å². The summed E-state index contributed by atoms with van der Waals surface area (Å²) in [5, 5.41) is 0. The molecule has 3 rings (SSSR count). The summed E-state index contributed by atoms with van der Waals surface area (Å²) < 4.78 is 66.7. The fourth-order valence-corrected chi connectivity index (χ4v) is 3.58. The first-order valence-corrected chi connectivity index (χ1v) is 9.69. The Balaban J connectivity index is 2.10. The first-order chi connectivity index (χ1) is 13.5. The van der Waals surface area contributed by atoms with Crippen LogP contribution in [0.25, 0.3) is 17.2 Å². The van der Waals surface area contributed by atoms with Gasteiger partial charge in [0, 0.05) is 25.0 Å². The summed E-state index contributed by atoms with van der Waals surface area (Å²) in [5.74, 6) is -0.801. The van der Waals surface area contributed by atoms with Crippen molar-refractivity contribution in [2.24, 2.45) is 0 Å². The van der Waals surface area contributed by atoms with Crippen LogP contribution in [-0.2, 0) is 21.0 Å². The summed E-state index contributed by atoms with van der Waals surface area (Å²) in [6, 6.07) is 8.28. The average Bonchev–Trinajstić information content (AvgIpc) is 3.06. The molecule has 0 aliphatic rings. The fourth-order valence-electron chi connectivity index (χ4n) is 2.59. The average molecular weight is 424 g/mol. The third-order valence-electron chi connectivity index (χ3n) is 3.84. The number of halogens is 3. The minimum absolute atomic E-state index is 0.0431. The Morgan fingerprint density at radius 3 is 2.34 bits per heavy atom. The van der Waals surface area contributed by atoms with E-state index < -0.39 is 27.8 Å². The van der Waals surface area contributed by atoms with E-state index in [1.54, 1.807) is 19.1 Å². The number of benzene rings is 1. The van der Waals surface area contributed by atoms with E-state index in [0.717, 1.165) is 18.7 Å². The number of nitrogens with zero attached hydrogens (tertiary/aromatic N) is 3. The van der Waals surface area contributed by atoms with Gasteiger partial charge in [-0.3, -0.25) is 14.3 Å². The number of carbonyl (C=O) groups is 1. The molecule has 11 heteroatoms. The van der Waals surface area contributed by atoms with Gasteiger partial charge in [0.1, 0.15) is 5.69 Å². The maximum Gasteiger partial charge on any atom is 0.434 e. The normalized spacial score (nSPS) is 12.0. The van der Waals surface area contributed by atoms with Crippen molar-refractivity contribution in [3.05, 3.63) is 60.0 Å². The van der Waals surface area contributed by atoms with Crippen LogP contribution in [0.3, 0.4) is 0 Å². The molecule has 2 heterocycles. The Hall–Kier alpha value is -3.21. The third-order valence-corrected chi connectivity index (χ3v) is 5.29. The van der Waals surface area contributed by atoms with Gasteiger partial charge >= 0.3 is 6.18 Å². The second-order valence-electron chi connectivity index (χ2n) is 6.19. The number of hydrogen-bond acceptors (Lipinski definition) is 5. The number of carbonyl (C=O) groups excluding carboxylic acids is 1. The molecule has 0 fully saturated rings. The largest absolute Gasteiger partial charge is 0.434 e. The Morgan fingerprint density at radius 2 is 1.79 bits per heavy atom. The molecular formula is C18H15F3N4O3S. The number of nitrogens with one attached hydrogen (secondary N) is 1. The van der Waals surface area contributed by atoms with Crippen molar-refractivity contribution in [2.45, 2.75) is 24.9 Å². The highest BCUT2D eigenvalue weighted by atomic mass is 32.2. The lowest BCUT2D eigenvalue weighted by atomic mass is 10.2. The van der Waals surface area contributed by atoms with Crippen molar-refractivity contribution in [1.82, 2.24) is 19.3 Å². The van der Waals surface area contributed by atoms with Gasteiger partial charge in [0.25, 0.3) is 10.0 Å². The lowest BCUT2D eigenvalue weighted by molar-refractivity contribution is -0.140. The van der Waals surface area contributed by atoms with E-state index in [2.05, 4.69) is 9.97 Å². The summed E-state index contributed by atoms with van der Waals surface area (Å²) in [7, 11) is -4.06. The molecule has 0 aliphatic heterocycles. The topological polar surface area (TPSA) is 94.0 Å². The van der Waals surface area contributed by atoms with Crippen LogP contribution in [0.2, 0.25) is 0 Å². The highest BCUT2D eigenvalue weighted by Gasteiger charge is 2.35. The van der Waals surface area contributed by atoms with Gasteiger partial charge in [-0.2, -0.15) is 13.2 Å². The molecule has 1 aromatic carbocycles. The molecule has 0 aliphatic carbocycles. The number of imidazole rings is 1. The van der Waals surface area contributed by atoms with Gasteiger partial charge in [-0.1, -0.05) is 0 Å². The van der Waals surface area contributed by atoms with Crippen molar-refractivity contribution in [1.29, 1.82) is 0 Å². The van der Waals surface area contributed by atoms with Gasteiger partial charge in [0.05, 0.1) is 4.90 Å². The van der Waals surface area contributed by atoms with E-state index >= 15 is 0 Å². The number of alkyl halides is 3. The Kier molecular flexibility index (Phi) is 5.18. The van der Waals surface area contributed by atoms with Gasteiger partial charge in [-0.15, -0.1) is 0 Å². The second kappa shape index (κ2) is 7.32. The quantitative estimate of drug-likeness (QED) is 0.695. The molecule has 0 unspecified atom stereocenters. The van der Waals surface area contributed by atoms with Gasteiger partial charge < -0.3 is 0 Å². The van der Waals surface area contributed by atoms with Gasteiger partial charge in [-0.25, -0.2) is 18.1 Å². The van der Waals surface area contributed by atoms with Crippen LogP contribution in [0, 0.1) is 6.92 Å². The van der Waals surface area contributed by atoms with E-state index in [-0.39, 0.29) is 22.1 Å². The van der Waals surface area contributed by atoms with Crippen molar-refractivity contribution in [2.75, 3.05) is 0 Å². The molecule has 7 nitrogen and oxygen atoms in total. The Bertz CT molecular complexity index is 1170. The van der Waals surface area contributed by atoms with Crippen LogP contribution in [0.4, 0.5) is 13.2 Å². The maximum absolute atomic E-state index is 13.2. The molecule has 0 saturated heterocycles. The smallest absolute Gasteiger partial charge is 0.298 e. The molecule has 3 aromatic rings. The highest BCUT2D eigenvalue weighted by molar-refractivity contribution is 7.90. The van der Waals surface area contributed by atoms with E-state index in [1.807, 2.05) is 4.72 Å². The molecule has 0 saturated carbocycles. The molecule has 1 N–H and O–H groups in total. The fraction of sp³-hybridized carbons (Fsp3) is 0.167. The molecule has 152 valence electrons.